The minimum absolute atomic E-state index is 0.520. The zero-order valence-corrected chi connectivity index (χ0v) is 11.3. The van der Waals surface area contributed by atoms with Crippen LogP contribution < -0.4 is 5.32 Å². The molecule has 0 radical (unpaired) electrons. The van der Waals surface area contributed by atoms with Crippen LogP contribution in [0.2, 0.25) is 5.02 Å². The molecule has 0 unspecified atom stereocenters. The summed E-state index contributed by atoms with van der Waals surface area (Å²) in [7, 11) is 2.08. The first-order valence-corrected chi connectivity index (χ1v) is 6.06. The van der Waals surface area contributed by atoms with Gasteiger partial charge in [-0.1, -0.05) is 11.6 Å². The summed E-state index contributed by atoms with van der Waals surface area (Å²) < 4.78 is 0. The Balaban J connectivity index is 2.57. The maximum atomic E-state index is 8.96. The van der Waals surface area contributed by atoms with Gasteiger partial charge in [0.25, 0.3) is 0 Å². The first-order chi connectivity index (χ1) is 8.04. The van der Waals surface area contributed by atoms with E-state index in [1.807, 2.05) is 0 Å². The van der Waals surface area contributed by atoms with Crippen molar-refractivity contribution in [1.82, 2.24) is 4.90 Å². The van der Waals surface area contributed by atoms with Gasteiger partial charge in [0, 0.05) is 24.2 Å². The second-order valence-electron chi connectivity index (χ2n) is 4.30. The van der Waals surface area contributed by atoms with E-state index < -0.39 is 0 Å². The van der Waals surface area contributed by atoms with Crippen LogP contribution >= 0.6 is 11.6 Å². The van der Waals surface area contributed by atoms with E-state index >= 15 is 0 Å². The molecule has 92 valence electrons. The van der Waals surface area contributed by atoms with Crippen molar-refractivity contribution in [3.05, 3.63) is 28.8 Å². The molecule has 0 bridgehead atoms. The minimum atomic E-state index is 0.520. The van der Waals surface area contributed by atoms with Gasteiger partial charge in [0.2, 0.25) is 0 Å². The molecular formula is C13H18ClN3. The normalized spacial score (nSPS) is 10.6. The van der Waals surface area contributed by atoms with Gasteiger partial charge in [-0.15, -0.1) is 0 Å². The fourth-order valence-corrected chi connectivity index (χ4v) is 1.56. The highest BCUT2D eigenvalue weighted by molar-refractivity contribution is 6.30. The van der Waals surface area contributed by atoms with Crippen molar-refractivity contribution in [2.75, 3.05) is 25.5 Å². The summed E-state index contributed by atoms with van der Waals surface area (Å²) in [4.78, 5) is 2.24. The number of nitrogens with one attached hydrogen (secondary N) is 1. The molecule has 0 heterocycles. The Morgan fingerprint density at radius 2 is 2.18 bits per heavy atom. The number of rotatable bonds is 5. The van der Waals surface area contributed by atoms with Crippen LogP contribution in [-0.4, -0.2) is 31.1 Å². The number of halogens is 1. The number of benzene rings is 1. The number of hydrogen-bond acceptors (Lipinski definition) is 3. The third-order valence-corrected chi connectivity index (χ3v) is 3.00. The second-order valence-corrected chi connectivity index (χ2v) is 4.74. The predicted octanol–water partition coefficient (Wildman–Crippen LogP) is 2.96. The van der Waals surface area contributed by atoms with E-state index in [0.717, 1.165) is 18.8 Å². The molecular weight excluding hydrogens is 234 g/mol. The highest BCUT2D eigenvalue weighted by atomic mass is 35.5. The fraction of sp³-hybridized carbons (Fsp3) is 0.462. The van der Waals surface area contributed by atoms with Crippen molar-refractivity contribution in [2.24, 2.45) is 0 Å². The summed E-state index contributed by atoms with van der Waals surface area (Å²) in [5.41, 5.74) is 1.43. The lowest BCUT2D eigenvalue weighted by Gasteiger charge is -2.21. The molecule has 0 saturated heterocycles. The van der Waals surface area contributed by atoms with Gasteiger partial charge in [0.1, 0.15) is 6.07 Å². The molecule has 0 aromatic heterocycles. The van der Waals surface area contributed by atoms with E-state index in [1.54, 1.807) is 18.2 Å². The third kappa shape index (κ3) is 4.26. The van der Waals surface area contributed by atoms with Crippen molar-refractivity contribution in [2.45, 2.75) is 19.9 Å². The zero-order valence-electron chi connectivity index (χ0n) is 10.5. The molecule has 0 aliphatic heterocycles. The Kier molecular flexibility index (Phi) is 5.27. The molecule has 0 saturated carbocycles. The van der Waals surface area contributed by atoms with Crippen molar-refractivity contribution in [3.63, 3.8) is 0 Å². The van der Waals surface area contributed by atoms with E-state index in [0.29, 0.717) is 16.6 Å². The van der Waals surface area contributed by atoms with Crippen LogP contribution in [0.25, 0.3) is 0 Å². The fourth-order valence-electron chi connectivity index (χ4n) is 1.39. The maximum Gasteiger partial charge on any atom is 0.101 e. The number of anilines is 1. The Morgan fingerprint density at radius 3 is 2.76 bits per heavy atom. The molecule has 0 spiro atoms. The lowest BCUT2D eigenvalue weighted by molar-refractivity contribution is 0.284. The van der Waals surface area contributed by atoms with Crippen molar-refractivity contribution in [3.8, 4) is 6.07 Å². The van der Waals surface area contributed by atoms with Crippen LogP contribution in [0.15, 0.2) is 18.2 Å². The Labute approximate surface area is 108 Å². The van der Waals surface area contributed by atoms with E-state index in [-0.39, 0.29) is 0 Å². The van der Waals surface area contributed by atoms with Crippen molar-refractivity contribution in [1.29, 1.82) is 5.26 Å². The summed E-state index contributed by atoms with van der Waals surface area (Å²) in [5, 5.41) is 12.8. The van der Waals surface area contributed by atoms with Crippen molar-refractivity contribution < 1.29 is 0 Å². The van der Waals surface area contributed by atoms with Gasteiger partial charge in [-0.05, 0) is 39.1 Å². The molecule has 1 rings (SSSR count). The third-order valence-electron chi connectivity index (χ3n) is 2.76. The van der Waals surface area contributed by atoms with Gasteiger partial charge in [-0.25, -0.2) is 0 Å². The van der Waals surface area contributed by atoms with E-state index in [4.69, 9.17) is 16.9 Å². The molecule has 0 amide bonds. The first-order valence-electron chi connectivity index (χ1n) is 5.68. The summed E-state index contributed by atoms with van der Waals surface area (Å²) in [6.45, 7) is 6.03. The monoisotopic (exact) mass is 251 g/mol. The molecule has 17 heavy (non-hydrogen) atoms. The van der Waals surface area contributed by atoms with Crippen LogP contribution in [0, 0.1) is 11.3 Å². The summed E-state index contributed by atoms with van der Waals surface area (Å²) in [6, 6.07) is 7.92. The average molecular weight is 252 g/mol. The van der Waals surface area contributed by atoms with E-state index in [2.05, 4.69) is 37.2 Å². The smallest absolute Gasteiger partial charge is 0.101 e. The SMILES string of the molecule is CC(C)N(C)CCNc1cc(Cl)ccc1C#N. The summed E-state index contributed by atoms with van der Waals surface area (Å²) >= 11 is 5.91. The van der Waals surface area contributed by atoms with Gasteiger partial charge in [-0.3, -0.25) is 0 Å². The quantitative estimate of drug-likeness (QED) is 0.875. The Morgan fingerprint density at radius 1 is 1.47 bits per heavy atom. The highest BCUT2D eigenvalue weighted by Crippen LogP contribution is 2.20. The van der Waals surface area contributed by atoms with Gasteiger partial charge in [0.15, 0.2) is 0 Å². The maximum absolute atomic E-state index is 8.96. The number of hydrogen-bond donors (Lipinski definition) is 1. The highest BCUT2D eigenvalue weighted by Gasteiger charge is 2.05. The molecule has 1 N–H and O–H groups in total. The molecule has 0 fully saturated rings. The van der Waals surface area contributed by atoms with E-state index in [9.17, 15) is 0 Å². The van der Waals surface area contributed by atoms with Crippen molar-refractivity contribution >= 4 is 17.3 Å². The average Bonchev–Trinajstić information content (AvgIpc) is 2.29. The summed E-state index contributed by atoms with van der Waals surface area (Å²) in [6.07, 6.45) is 0. The Hall–Kier alpha value is -1.24. The molecule has 0 atom stereocenters. The lowest BCUT2D eigenvalue weighted by Crippen LogP contribution is -2.31. The van der Waals surface area contributed by atoms with Crippen LogP contribution in [0.5, 0.6) is 0 Å². The number of nitrogens with zero attached hydrogens (tertiary/aromatic N) is 2. The van der Waals surface area contributed by atoms with Crippen LogP contribution in [0.1, 0.15) is 19.4 Å². The van der Waals surface area contributed by atoms with Crippen LogP contribution in [-0.2, 0) is 0 Å². The first kappa shape index (κ1) is 13.8. The van der Waals surface area contributed by atoms with Crippen LogP contribution in [0.4, 0.5) is 5.69 Å². The zero-order chi connectivity index (χ0) is 12.8. The molecule has 0 aliphatic carbocycles. The molecule has 4 heteroatoms. The second kappa shape index (κ2) is 6.48. The largest absolute Gasteiger partial charge is 0.383 e. The topological polar surface area (TPSA) is 39.1 Å². The molecule has 1 aromatic carbocycles. The predicted molar refractivity (Wildman–Crippen MR) is 72.4 cm³/mol. The molecule has 0 aliphatic rings. The molecule has 3 nitrogen and oxygen atoms in total. The minimum Gasteiger partial charge on any atom is -0.383 e. The lowest BCUT2D eigenvalue weighted by atomic mass is 10.2. The van der Waals surface area contributed by atoms with Gasteiger partial charge < -0.3 is 10.2 Å². The standard InChI is InChI=1S/C13H18ClN3/c1-10(2)17(3)7-6-16-13-8-12(14)5-4-11(13)9-15/h4-5,8,10,16H,6-7H2,1-3H3. The van der Waals surface area contributed by atoms with Crippen LogP contribution in [0.3, 0.4) is 0 Å². The van der Waals surface area contributed by atoms with Gasteiger partial charge >= 0.3 is 0 Å². The summed E-state index contributed by atoms with van der Waals surface area (Å²) in [5.74, 6) is 0. The van der Waals surface area contributed by atoms with Gasteiger partial charge in [0.05, 0.1) is 11.3 Å². The molecule has 1 aromatic rings. The number of nitriles is 1. The Bertz CT molecular complexity index is 410. The van der Waals surface area contributed by atoms with Gasteiger partial charge in [-0.2, -0.15) is 5.26 Å². The number of likely N-dealkylation sites (N-methyl/N-ethyl adjacent to an activating group) is 1. The van der Waals surface area contributed by atoms with E-state index in [1.165, 1.54) is 0 Å².